The van der Waals surface area contributed by atoms with Gasteiger partial charge in [-0.3, -0.25) is 0 Å². The Bertz CT molecular complexity index is 94.2. The van der Waals surface area contributed by atoms with Crippen LogP contribution < -0.4 is 0 Å². The van der Waals surface area contributed by atoms with Crippen molar-refractivity contribution >= 4 is 0 Å². The maximum atomic E-state index is 3.80. The van der Waals surface area contributed by atoms with Crippen LogP contribution in [0.15, 0.2) is 12.7 Å². The normalized spacial score (nSPS) is 36.1. The first-order chi connectivity index (χ1) is 4.33. The molecule has 0 spiro atoms. The van der Waals surface area contributed by atoms with Crippen molar-refractivity contribution in [1.29, 1.82) is 0 Å². The van der Waals surface area contributed by atoms with Crippen molar-refractivity contribution in [2.24, 2.45) is 11.8 Å². The molecule has 0 heteroatoms. The van der Waals surface area contributed by atoms with Gasteiger partial charge in [0.15, 0.2) is 0 Å². The zero-order valence-corrected chi connectivity index (χ0v) is 6.14. The van der Waals surface area contributed by atoms with Gasteiger partial charge >= 0.3 is 0 Å². The van der Waals surface area contributed by atoms with E-state index in [0.717, 1.165) is 11.8 Å². The molecule has 0 nitrogen and oxygen atoms in total. The third kappa shape index (κ3) is 1.85. The van der Waals surface area contributed by atoms with Crippen molar-refractivity contribution < 1.29 is 0 Å². The van der Waals surface area contributed by atoms with Crippen LogP contribution in [0, 0.1) is 18.3 Å². The summed E-state index contributed by atoms with van der Waals surface area (Å²) in [5.41, 5.74) is 0. The molecule has 1 rings (SSSR count). The highest BCUT2D eigenvalue weighted by molar-refractivity contribution is 4.89. The fourth-order valence-corrected chi connectivity index (χ4v) is 1.50. The second-order valence-electron chi connectivity index (χ2n) is 3.02. The highest BCUT2D eigenvalue weighted by Gasteiger charge is 2.15. The summed E-state index contributed by atoms with van der Waals surface area (Å²) in [6, 6.07) is 0. The van der Waals surface area contributed by atoms with Crippen molar-refractivity contribution in [3.63, 3.8) is 0 Å². The molecule has 0 aromatic rings. The zero-order chi connectivity index (χ0) is 6.69. The van der Waals surface area contributed by atoms with Crippen LogP contribution in [0.2, 0.25) is 0 Å². The summed E-state index contributed by atoms with van der Waals surface area (Å²) in [7, 11) is 0. The molecule has 1 aliphatic carbocycles. The lowest BCUT2D eigenvalue weighted by molar-refractivity contribution is 0.398. The van der Waals surface area contributed by atoms with E-state index in [4.69, 9.17) is 0 Å². The molecule has 0 aliphatic heterocycles. The van der Waals surface area contributed by atoms with Gasteiger partial charge in [-0.25, -0.2) is 0 Å². The Kier molecular flexibility index (Phi) is 2.32. The third-order valence-electron chi connectivity index (χ3n) is 2.11. The van der Waals surface area contributed by atoms with E-state index >= 15 is 0 Å². The maximum Gasteiger partial charge on any atom is -0.0233 e. The van der Waals surface area contributed by atoms with Gasteiger partial charge in [0.05, 0.1) is 0 Å². The van der Waals surface area contributed by atoms with E-state index in [9.17, 15) is 0 Å². The van der Waals surface area contributed by atoms with Crippen molar-refractivity contribution in [1.82, 2.24) is 0 Å². The SMILES string of the molecule is C=CC1CC[CH]C(C)C1. The predicted molar refractivity (Wildman–Crippen MR) is 41.0 cm³/mol. The van der Waals surface area contributed by atoms with E-state index in [2.05, 4.69) is 26.0 Å². The summed E-state index contributed by atoms with van der Waals surface area (Å²) in [5.74, 6) is 1.62. The lowest BCUT2D eigenvalue weighted by Crippen LogP contribution is -2.11. The van der Waals surface area contributed by atoms with E-state index < -0.39 is 0 Å². The smallest absolute Gasteiger partial charge is 0.0233 e. The van der Waals surface area contributed by atoms with Crippen LogP contribution in [0.4, 0.5) is 0 Å². The number of allylic oxidation sites excluding steroid dienone is 1. The summed E-state index contributed by atoms with van der Waals surface area (Å²) in [4.78, 5) is 0. The van der Waals surface area contributed by atoms with Crippen molar-refractivity contribution in [2.45, 2.75) is 26.2 Å². The quantitative estimate of drug-likeness (QED) is 0.470. The van der Waals surface area contributed by atoms with E-state index in [0.29, 0.717) is 0 Å². The summed E-state index contributed by atoms with van der Waals surface area (Å²) >= 11 is 0. The fourth-order valence-electron chi connectivity index (χ4n) is 1.50. The Labute approximate surface area is 58.0 Å². The predicted octanol–water partition coefficient (Wildman–Crippen LogP) is 2.81. The highest BCUT2D eigenvalue weighted by Crippen LogP contribution is 2.27. The van der Waals surface area contributed by atoms with Gasteiger partial charge in [0.25, 0.3) is 0 Å². The monoisotopic (exact) mass is 123 g/mol. The molecule has 1 aliphatic rings. The first-order valence-corrected chi connectivity index (χ1v) is 3.79. The van der Waals surface area contributed by atoms with Gasteiger partial charge in [-0.1, -0.05) is 13.0 Å². The van der Waals surface area contributed by atoms with Crippen LogP contribution in [-0.2, 0) is 0 Å². The second-order valence-corrected chi connectivity index (χ2v) is 3.02. The number of hydrogen-bond donors (Lipinski definition) is 0. The minimum atomic E-state index is 0.796. The van der Waals surface area contributed by atoms with Gasteiger partial charge in [-0.15, -0.1) is 6.58 Å². The standard InChI is InChI=1S/C9H15/c1-3-9-6-4-5-8(2)7-9/h3,5,8-9H,1,4,6-7H2,2H3. The molecule has 51 valence electrons. The highest BCUT2D eigenvalue weighted by atomic mass is 14.2. The molecule has 0 saturated heterocycles. The number of rotatable bonds is 1. The Morgan fingerprint density at radius 3 is 2.89 bits per heavy atom. The first-order valence-electron chi connectivity index (χ1n) is 3.79. The van der Waals surface area contributed by atoms with Gasteiger partial charge < -0.3 is 0 Å². The van der Waals surface area contributed by atoms with Crippen molar-refractivity contribution in [2.75, 3.05) is 0 Å². The van der Waals surface area contributed by atoms with Crippen LogP contribution in [0.3, 0.4) is 0 Å². The first kappa shape index (κ1) is 6.85. The summed E-state index contributed by atoms with van der Waals surface area (Å²) in [5, 5.41) is 0. The van der Waals surface area contributed by atoms with Crippen LogP contribution in [0.5, 0.6) is 0 Å². The molecule has 0 aromatic heterocycles. The molecule has 0 bridgehead atoms. The van der Waals surface area contributed by atoms with E-state index in [-0.39, 0.29) is 0 Å². The summed E-state index contributed by atoms with van der Waals surface area (Å²) < 4.78 is 0. The molecule has 1 saturated carbocycles. The van der Waals surface area contributed by atoms with Crippen molar-refractivity contribution in [3.8, 4) is 0 Å². The van der Waals surface area contributed by atoms with Crippen LogP contribution >= 0.6 is 0 Å². The third-order valence-corrected chi connectivity index (χ3v) is 2.11. The van der Waals surface area contributed by atoms with E-state index in [1.54, 1.807) is 0 Å². The van der Waals surface area contributed by atoms with Crippen LogP contribution in [0.25, 0.3) is 0 Å². The molecule has 2 unspecified atom stereocenters. The Hall–Kier alpha value is -0.260. The summed E-state index contributed by atoms with van der Waals surface area (Å²) in [6.07, 6.45) is 8.46. The lowest BCUT2D eigenvalue weighted by atomic mass is 9.83. The average molecular weight is 123 g/mol. The van der Waals surface area contributed by atoms with Gasteiger partial charge in [0, 0.05) is 0 Å². The Morgan fingerprint density at radius 2 is 2.44 bits per heavy atom. The van der Waals surface area contributed by atoms with Crippen LogP contribution in [0.1, 0.15) is 26.2 Å². The Balaban J connectivity index is 2.31. The minimum Gasteiger partial charge on any atom is -0.103 e. The molecule has 1 fully saturated rings. The minimum absolute atomic E-state index is 0.796. The van der Waals surface area contributed by atoms with Crippen LogP contribution in [-0.4, -0.2) is 0 Å². The van der Waals surface area contributed by atoms with Gasteiger partial charge in [0.2, 0.25) is 0 Å². The molecule has 1 radical (unpaired) electrons. The molecule has 9 heavy (non-hydrogen) atoms. The molecule has 0 heterocycles. The molecular weight excluding hydrogens is 108 g/mol. The van der Waals surface area contributed by atoms with Gasteiger partial charge in [0.1, 0.15) is 0 Å². The largest absolute Gasteiger partial charge is 0.103 e. The molecule has 0 aromatic carbocycles. The molecule has 2 atom stereocenters. The van der Waals surface area contributed by atoms with Gasteiger partial charge in [-0.05, 0) is 37.5 Å². The van der Waals surface area contributed by atoms with Crippen molar-refractivity contribution in [3.05, 3.63) is 19.1 Å². The lowest BCUT2D eigenvalue weighted by Gasteiger charge is -2.23. The topological polar surface area (TPSA) is 0 Å². The maximum absolute atomic E-state index is 3.80. The van der Waals surface area contributed by atoms with Gasteiger partial charge in [-0.2, -0.15) is 0 Å². The summed E-state index contributed by atoms with van der Waals surface area (Å²) in [6.45, 7) is 6.09. The van der Waals surface area contributed by atoms with E-state index in [1.165, 1.54) is 19.3 Å². The number of hydrogen-bond acceptors (Lipinski definition) is 0. The molecule has 0 N–H and O–H groups in total. The Morgan fingerprint density at radius 1 is 1.67 bits per heavy atom. The zero-order valence-electron chi connectivity index (χ0n) is 6.14. The average Bonchev–Trinajstić information content (AvgIpc) is 1.88. The fraction of sp³-hybridized carbons (Fsp3) is 0.667. The molecular formula is C9H15. The van der Waals surface area contributed by atoms with E-state index in [1.807, 2.05) is 0 Å². The second kappa shape index (κ2) is 3.05. The molecule has 0 amide bonds.